The molecule has 2 N–H and O–H groups in total. The molecule has 0 aromatic rings. The first-order valence-corrected chi connectivity index (χ1v) is 11.8. The van der Waals surface area contributed by atoms with E-state index in [0.29, 0.717) is 24.7 Å². The van der Waals surface area contributed by atoms with Crippen LogP contribution in [0, 0.1) is 22.7 Å². The molecular formula is C24H44O4. The van der Waals surface area contributed by atoms with Crippen molar-refractivity contribution in [3.05, 3.63) is 0 Å². The van der Waals surface area contributed by atoms with Crippen LogP contribution in [0.2, 0.25) is 0 Å². The van der Waals surface area contributed by atoms with Crippen LogP contribution >= 0.6 is 0 Å². The third-order valence-corrected chi connectivity index (χ3v) is 7.60. The van der Waals surface area contributed by atoms with Gasteiger partial charge in [0, 0.05) is 0 Å². The van der Waals surface area contributed by atoms with E-state index in [1.165, 1.54) is 0 Å². The highest BCUT2D eigenvalue weighted by Gasteiger charge is 2.41. The average molecular weight is 397 g/mol. The van der Waals surface area contributed by atoms with E-state index >= 15 is 0 Å². The van der Waals surface area contributed by atoms with Gasteiger partial charge in [0.15, 0.2) is 0 Å². The Morgan fingerprint density at radius 1 is 0.714 bits per heavy atom. The van der Waals surface area contributed by atoms with Crippen molar-refractivity contribution in [1.82, 2.24) is 0 Å². The maximum atomic E-state index is 12.0. The standard InChI is InChI=1S/C24H44O4/c1-5-9-15-23(7-3,21(25)26)17-19-11-13-20(14-12-19)18-24(8-4,22(27)28)16-10-6-2/h19-20H,5-18H2,1-4H3,(H,25,26)(H,27,28). The van der Waals surface area contributed by atoms with Crippen molar-refractivity contribution in [2.75, 3.05) is 0 Å². The van der Waals surface area contributed by atoms with Gasteiger partial charge in [-0.2, -0.15) is 0 Å². The van der Waals surface area contributed by atoms with Gasteiger partial charge in [-0.15, -0.1) is 0 Å². The maximum absolute atomic E-state index is 12.0. The summed E-state index contributed by atoms with van der Waals surface area (Å²) in [6.45, 7) is 8.28. The lowest BCUT2D eigenvalue weighted by Crippen LogP contribution is -2.36. The molecule has 2 unspecified atom stereocenters. The number of hydrogen-bond acceptors (Lipinski definition) is 2. The molecule has 0 aliphatic heterocycles. The number of carboxylic acids is 2. The van der Waals surface area contributed by atoms with Crippen molar-refractivity contribution < 1.29 is 19.8 Å². The second-order valence-corrected chi connectivity index (χ2v) is 9.38. The second kappa shape index (κ2) is 11.8. The lowest BCUT2D eigenvalue weighted by Gasteiger charge is -2.38. The number of aliphatic carboxylic acids is 2. The molecule has 1 saturated carbocycles. The molecule has 1 rings (SSSR count). The minimum atomic E-state index is -0.624. The molecule has 0 aromatic heterocycles. The maximum Gasteiger partial charge on any atom is 0.309 e. The zero-order valence-corrected chi connectivity index (χ0v) is 18.8. The Kier molecular flexibility index (Phi) is 10.5. The number of rotatable bonds is 14. The number of carboxylic acid groups (broad SMARTS) is 2. The summed E-state index contributed by atoms with van der Waals surface area (Å²) in [5.41, 5.74) is -1.13. The fourth-order valence-corrected chi connectivity index (χ4v) is 5.31. The molecule has 1 aliphatic carbocycles. The van der Waals surface area contributed by atoms with E-state index in [1.807, 2.05) is 13.8 Å². The van der Waals surface area contributed by atoms with E-state index < -0.39 is 22.8 Å². The largest absolute Gasteiger partial charge is 0.481 e. The summed E-state index contributed by atoms with van der Waals surface area (Å²) in [7, 11) is 0. The van der Waals surface area contributed by atoms with Gasteiger partial charge in [0.25, 0.3) is 0 Å². The Morgan fingerprint density at radius 3 is 1.25 bits per heavy atom. The summed E-state index contributed by atoms with van der Waals surface area (Å²) >= 11 is 0. The zero-order chi connectivity index (χ0) is 21.2. The van der Waals surface area contributed by atoms with Gasteiger partial charge < -0.3 is 10.2 Å². The molecule has 0 heterocycles. The van der Waals surface area contributed by atoms with Crippen molar-refractivity contribution in [2.24, 2.45) is 22.7 Å². The molecule has 1 fully saturated rings. The van der Waals surface area contributed by atoms with Crippen LogP contribution in [0.3, 0.4) is 0 Å². The summed E-state index contributed by atoms with van der Waals surface area (Å²) in [4.78, 5) is 24.1. The summed E-state index contributed by atoms with van der Waals surface area (Å²) in [5, 5.41) is 19.8. The third-order valence-electron chi connectivity index (χ3n) is 7.60. The smallest absolute Gasteiger partial charge is 0.309 e. The van der Waals surface area contributed by atoms with E-state index in [-0.39, 0.29) is 0 Å². The minimum absolute atomic E-state index is 0.473. The van der Waals surface area contributed by atoms with E-state index in [9.17, 15) is 19.8 Å². The van der Waals surface area contributed by atoms with E-state index in [4.69, 9.17) is 0 Å². The molecule has 0 radical (unpaired) electrons. The average Bonchev–Trinajstić information content (AvgIpc) is 2.69. The fraction of sp³-hybridized carbons (Fsp3) is 0.917. The van der Waals surface area contributed by atoms with Gasteiger partial charge in [-0.25, -0.2) is 0 Å². The molecule has 4 heteroatoms. The predicted molar refractivity (Wildman–Crippen MR) is 114 cm³/mol. The first kappa shape index (κ1) is 25.0. The van der Waals surface area contributed by atoms with E-state index in [1.54, 1.807) is 0 Å². The molecule has 0 bridgehead atoms. The minimum Gasteiger partial charge on any atom is -0.481 e. The quantitative estimate of drug-likeness (QED) is 0.334. The summed E-state index contributed by atoms with van der Waals surface area (Å²) in [6, 6.07) is 0. The molecule has 2 atom stereocenters. The van der Waals surface area contributed by atoms with Gasteiger partial charge in [0.1, 0.15) is 0 Å². The van der Waals surface area contributed by atoms with Crippen molar-refractivity contribution in [1.29, 1.82) is 0 Å². The first-order valence-electron chi connectivity index (χ1n) is 11.8. The van der Waals surface area contributed by atoms with Gasteiger partial charge in [-0.1, -0.05) is 79.1 Å². The summed E-state index contributed by atoms with van der Waals surface area (Å²) in [6.07, 6.45) is 12.8. The highest BCUT2D eigenvalue weighted by Crippen LogP contribution is 2.45. The molecular weight excluding hydrogens is 352 g/mol. The molecule has 0 saturated heterocycles. The molecule has 0 amide bonds. The van der Waals surface area contributed by atoms with Crippen LogP contribution in [0.4, 0.5) is 0 Å². The summed E-state index contributed by atoms with van der Waals surface area (Å²) in [5.74, 6) is -0.302. The van der Waals surface area contributed by atoms with Crippen LogP contribution in [0.15, 0.2) is 0 Å². The topological polar surface area (TPSA) is 74.6 Å². The van der Waals surface area contributed by atoms with Crippen molar-refractivity contribution in [2.45, 2.75) is 118 Å². The second-order valence-electron chi connectivity index (χ2n) is 9.38. The van der Waals surface area contributed by atoms with Crippen LogP contribution in [0.5, 0.6) is 0 Å². The molecule has 0 aromatic carbocycles. The Bertz CT molecular complexity index is 437. The molecule has 164 valence electrons. The van der Waals surface area contributed by atoms with E-state index in [2.05, 4.69) is 13.8 Å². The normalized spacial score (nSPS) is 24.3. The Labute approximate surface area is 172 Å². The number of carbonyl (C=O) groups is 2. The van der Waals surface area contributed by atoms with Crippen molar-refractivity contribution >= 4 is 11.9 Å². The predicted octanol–water partition coefficient (Wildman–Crippen LogP) is 6.92. The molecule has 28 heavy (non-hydrogen) atoms. The summed E-state index contributed by atoms with van der Waals surface area (Å²) < 4.78 is 0. The van der Waals surface area contributed by atoms with Gasteiger partial charge >= 0.3 is 11.9 Å². The van der Waals surface area contributed by atoms with Gasteiger partial charge in [0.05, 0.1) is 10.8 Å². The Balaban J connectivity index is 2.70. The third kappa shape index (κ3) is 6.49. The number of hydrogen-bond donors (Lipinski definition) is 2. The fourth-order valence-electron chi connectivity index (χ4n) is 5.31. The first-order chi connectivity index (χ1) is 13.3. The van der Waals surface area contributed by atoms with Crippen LogP contribution in [0.1, 0.15) is 118 Å². The van der Waals surface area contributed by atoms with Crippen molar-refractivity contribution in [3.63, 3.8) is 0 Å². The number of unbranched alkanes of at least 4 members (excludes halogenated alkanes) is 2. The Morgan fingerprint density at radius 2 is 1.04 bits per heavy atom. The molecule has 0 spiro atoms. The van der Waals surface area contributed by atoms with Crippen LogP contribution in [-0.4, -0.2) is 22.2 Å². The van der Waals surface area contributed by atoms with Gasteiger partial charge in [-0.05, 0) is 50.4 Å². The Hall–Kier alpha value is -1.06. The van der Waals surface area contributed by atoms with Crippen LogP contribution in [-0.2, 0) is 9.59 Å². The highest BCUT2D eigenvalue weighted by molar-refractivity contribution is 5.75. The zero-order valence-electron chi connectivity index (χ0n) is 18.8. The van der Waals surface area contributed by atoms with Crippen LogP contribution in [0.25, 0.3) is 0 Å². The van der Waals surface area contributed by atoms with Crippen molar-refractivity contribution in [3.8, 4) is 0 Å². The SMILES string of the molecule is CCCCC(CC)(CC1CCC(CC(CC)(CCCC)C(=O)O)CC1)C(=O)O. The lowest BCUT2D eigenvalue weighted by molar-refractivity contribution is -0.153. The monoisotopic (exact) mass is 396 g/mol. The molecule has 4 nitrogen and oxygen atoms in total. The highest BCUT2D eigenvalue weighted by atomic mass is 16.4. The van der Waals surface area contributed by atoms with Gasteiger partial charge in [0.2, 0.25) is 0 Å². The van der Waals surface area contributed by atoms with Gasteiger partial charge in [-0.3, -0.25) is 9.59 Å². The lowest BCUT2D eigenvalue weighted by atomic mass is 9.66. The molecule has 1 aliphatic rings. The van der Waals surface area contributed by atoms with E-state index in [0.717, 1.165) is 77.0 Å². The van der Waals surface area contributed by atoms with Crippen LogP contribution < -0.4 is 0 Å².